The Kier molecular flexibility index (Phi) is 7.24. The molecule has 0 radical (unpaired) electrons. The molecule has 3 aromatic rings. The summed E-state index contributed by atoms with van der Waals surface area (Å²) >= 11 is 0. The number of hydrogen-bond donors (Lipinski definition) is 4. The van der Waals surface area contributed by atoms with E-state index >= 15 is 0 Å². The lowest BCUT2D eigenvalue weighted by Crippen LogP contribution is -2.34. The number of pyridine rings is 1. The van der Waals surface area contributed by atoms with Crippen LogP contribution in [0.15, 0.2) is 48.7 Å². The zero-order chi connectivity index (χ0) is 25.2. The van der Waals surface area contributed by atoms with Crippen LogP contribution in [-0.4, -0.2) is 35.2 Å². The lowest BCUT2D eigenvalue weighted by Gasteiger charge is -2.19. The second kappa shape index (κ2) is 10.2. The smallest absolute Gasteiger partial charge is 0.274 e. The van der Waals surface area contributed by atoms with Crippen LogP contribution in [0.4, 0.5) is 11.4 Å². The Morgan fingerprint density at radius 3 is 2.29 bits per heavy atom. The van der Waals surface area contributed by atoms with E-state index in [0.29, 0.717) is 24.7 Å². The second-order valence-electron chi connectivity index (χ2n) is 10.1. The van der Waals surface area contributed by atoms with Gasteiger partial charge in [0, 0.05) is 37.7 Å². The normalized spacial score (nSPS) is 13.5. The Morgan fingerprint density at radius 1 is 1.06 bits per heavy atom. The highest BCUT2D eigenvalue weighted by molar-refractivity contribution is 6.04. The third-order valence-corrected chi connectivity index (χ3v) is 6.62. The number of anilines is 2. The van der Waals surface area contributed by atoms with Gasteiger partial charge in [0.25, 0.3) is 5.91 Å². The molecule has 1 amide bonds. The molecule has 0 aliphatic heterocycles. The SMILES string of the molecule is CNc1cccc(-c2cccc(NC(=O)c3cc(C4CC4)c(CNCC(C)(C)O)cn3)c2C)c1C. The van der Waals surface area contributed by atoms with Crippen molar-refractivity contribution in [3.05, 3.63) is 76.6 Å². The van der Waals surface area contributed by atoms with E-state index in [4.69, 9.17) is 0 Å². The molecular weight excluding hydrogens is 436 g/mol. The predicted molar refractivity (Wildman–Crippen MR) is 143 cm³/mol. The first-order valence-electron chi connectivity index (χ1n) is 12.3. The number of benzene rings is 2. The number of amides is 1. The minimum atomic E-state index is -0.772. The molecule has 1 saturated carbocycles. The zero-order valence-electron chi connectivity index (χ0n) is 21.3. The number of nitrogens with zero attached hydrogens (tertiary/aromatic N) is 1. The Bertz CT molecular complexity index is 1230. The Morgan fingerprint density at radius 2 is 1.69 bits per heavy atom. The molecule has 1 aliphatic carbocycles. The molecule has 1 fully saturated rings. The molecule has 4 rings (SSSR count). The molecule has 4 N–H and O–H groups in total. The van der Waals surface area contributed by atoms with Crippen molar-refractivity contribution in [1.82, 2.24) is 10.3 Å². The van der Waals surface area contributed by atoms with Crippen LogP contribution in [0.3, 0.4) is 0 Å². The van der Waals surface area contributed by atoms with E-state index in [9.17, 15) is 9.90 Å². The van der Waals surface area contributed by atoms with Gasteiger partial charge in [-0.15, -0.1) is 0 Å². The number of aromatic nitrogens is 1. The highest BCUT2D eigenvalue weighted by Gasteiger charge is 2.27. The third-order valence-electron chi connectivity index (χ3n) is 6.62. The number of rotatable bonds is 9. The lowest BCUT2D eigenvalue weighted by atomic mass is 9.94. The Balaban J connectivity index is 1.55. The van der Waals surface area contributed by atoms with Gasteiger partial charge in [0.2, 0.25) is 0 Å². The van der Waals surface area contributed by atoms with Crippen LogP contribution in [-0.2, 0) is 6.54 Å². The van der Waals surface area contributed by atoms with Crippen LogP contribution >= 0.6 is 0 Å². The van der Waals surface area contributed by atoms with Crippen molar-refractivity contribution < 1.29 is 9.90 Å². The molecule has 1 aromatic heterocycles. The van der Waals surface area contributed by atoms with Gasteiger partial charge in [0.1, 0.15) is 5.69 Å². The minimum absolute atomic E-state index is 0.205. The summed E-state index contributed by atoms with van der Waals surface area (Å²) in [5, 5.41) is 19.6. The number of carbonyl (C=O) groups excluding carboxylic acids is 1. The van der Waals surface area contributed by atoms with E-state index in [2.05, 4.69) is 46.1 Å². The average Bonchev–Trinajstić information content (AvgIpc) is 3.65. The highest BCUT2D eigenvalue weighted by Crippen LogP contribution is 2.42. The molecule has 35 heavy (non-hydrogen) atoms. The molecule has 0 unspecified atom stereocenters. The third kappa shape index (κ3) is 5.89. The predicted octanol–water partition coefficient (Wildman–Crippen LogP) is 5.40. The van der Waals surface area contributed by atoms with Gasteiger partial charge in [-0.1, -0.05) is 24.3 Å². The summed E-state index contributed by atoms with van der Waals surface area (Å²) < 4.78 is 0. The standard InChI is InChI=1S/C29H36N4O2/c1-18-22(8-6-10-25(18)30-5)23-9-7-11-26(19(23)2)33-28(34)27-14-24(20-12-13-20)21(16-32-27)15-31-17-29(3,4)35/h6-11,14,16,20,30-31,35H,12-13,15,17H2,1-5H3,(H,33,34). The first kappa shape index (κ1) is 24.9. The van der Waals surface area contributed by atoms with Crippen LogP contribution in [0.25, 0.3) is 11.1 Å². The summed E-state index contributed by atoms with van der Waals surface area (Å²) in [6, 6.07) is 14.2. The molecule has 1 aliphatic rings. The fraction of sp³-hybridized carbons (Fsp3) is 0.379. The van der Waals surface area contributed by atoms with Gasteiger partial charge in [-0.05, 0) is 98.0 Å². The molecule has 0 bridgehead atoms. The van der Waals surface area contributed by atoms with Crippen molar-refractivity contribution in [2.45, 2.75) is 58.6 Å². The van der Waals surface area contributed by atoms with Crippen molar-refractivity contribution in [3.8, 4) is 11.1 Å². The van der Waals surface area contributed by atoms with E-state index in [-0.39, 0.29) is 5.91 Å². The summed E-state index contributed by atoms with van der Waals surface area (Å²) in [6.45, 7) is 8.82. The van der Waals surface area contributed by atoms with Crippen LogP contribution in [0.1, 0.15) is 65.3 Å². The highest BCUT2D eigenvalue weighted by atomic mass is 16.3. The van der Waals surface area contributed by atoms with Crippen molar-refractivity contribution >= 4 is 17.3 Å². The summed E-state index contributed by atoms with van der Waals surface area (Å²) in [6.07, 6.45) is 4.07. The molecule has 0 atom stereocenters. The van der Waals surface area contributed by atoms with E-state index in [0.717, 1.165) is 46.5 Å². The Hall–Kier alpha value is -3.22. The summed E-state index contributed by atoms with van der Waals surface area (Å²) in [5.74, 6) is 0.278. The van der Waals surface area contributed by atoms with Gasteiger partial charge in [0.15, 0.2) is 0 Å². The van der Waals surface area contributed by atoms with Crippen molar-refractivity contribution in [1.29, 1.82) is 0 Å². The number of hydrogen-bond acceptors (Lipinski definition) is 5. The van der Waals surface area contributed by atoms with Crippen molar-refractivity contribution in [2.24, 2.45) is 0 Å². The van der Waals surface area contributed by atoms with Crippen LogP contribution in [0, 0.1) is 13.8 Å². The van der Waals surface area contributed by atoms with Crippen LogP contribution in [0.2, 0.25) is 0 Å². The molecule has 6 nitrogen and oxygen atoms in total. The molecule has 184 valence electrons. The molecular formula is C29H36N4O2. The fourth-order valence-corrected chi connectivity index (χ4v) is 4.50. The van der Waals surface area contributed by atoms with Gasteiger partial charge in [0.05, 0.1) is 5.60 Å². The minimum Gasteiger partial charge on any atom is -0.389 e. The van der Waals surface area contributed by atoms with Crippen molar-refractivity contribution in [3.63, 3.8) is 0 Å². The first-order chi connectivity index (χ1) is 16.7. The molecule has 6 heteroatoms. The molecule has 2 aromatic carbocycles. The molecule has 1 heterocycles. The van der Waals surface area contributed by atoms with Gasteiger partial charge >= 0.3 is 0 Å². The molecule has 0 spiro atoms. The van der Waals surface area contributed by atoms with E-state index in [1.807, 2.05) is 38.2 Å². The van der Waals surface area contributed by atoms with Gasteiger partial charge in [-0.2, -0.15) is 0 Å². The monoisotopic (exact) mass is 472 g/mol. The van der Waals surface area contributed by atoms with E-state index < -0.39 is 5.60 Å². The average molecular weight is 473 g/mol. The van der Waals surface area contributed by atoms with Crippen LogP contribution in [0.5, 0.6) is 0 Å². The van der Waals surface area contributed by atoms with E-state index in [1.165, 1.54) is 11.1 Å². The van der Waals surface area contributed by atoms with Crippen molar-refractivity contribution in [2.75, 3.05) is 24.2 Å². The lowest BCUT2D eigenvalue weighted by molar-refractivity contribution is 0.0794. The number of nitrogens with one attached hydrogen (secondary N) is 3. The van der Waals surface area contributed by atoms with Gasteiger partial charge < -0.3 is 21.1 Å². The summed E-state index contributed by atoms with van der Waals surface area (Å²) in [7, 11) is 1.92. The topological polar surface area (TPSA) is 86.3 Å². The van der Waals surface area contributed by atoms with Crippen LogP contribution < -0.4 is 16.0 Å². The largest absolute Gasteiger partial charge is 0.389 e. The maximum absolute atomic E-state index is 13.2. The number of aliphatic hydroxyl groups is 1. The maximum atomic E-state index is 13.2. The van der Waals surface area contributed by atoms with Gasteiger partial charge in [-0.25, -0.2) is 0 Å². The summed E-state index contributed by atoms with van der Waals surface area (Å²) in [4.78, 5) is 17.7. The Labute approximate surface area is 208 Å². The van der Waals surface area contributed by atoms with E-state index in [1.54, 1.807) is 20.0 Å². The first-order valence-corrected chi connectivity index (χ1v) is 12.3. The zero-order valence-corrected chi connectivity index (χ0v) is 21.3. The quantitative estimate of drug-likeness (QED) is 0.335. The molecule has 0 saturated heterocycles. The van der Waals surface area contributed by atoms with Gasteiger partial charge in [-0.3, -0.25) is 9.78 Å². The second-order valence-corrected chi connectivity index (χ2v) is 10.1. The summed E-state index contributed by atoms with van der Waals surface area (Å²) in [5.41, 5.74) is 8.23. The maximum Gasteiger partial charge on any atom is 0.274 e. The fourth-order valence-electron chi connectivity index (χ4n) is 4.50. The number of carbonyl (C=O) groups is 1.